The second-order valence-electron chi connectivity index (χ2n) is 9.88. The van der Waals surface area contributed by atoms with Crippen molar-refractivity contribution in [2.45, 2.75) is 34.3 Å². The van der Waals surface area contributed by atoms with Crippen LogP contribution < -0.4 is 14.2 Å². The van der Waals surface area contributed by atoms with Gasteiger partial charge in [0.25, 0.3) is 17.1 Å². The Morgan fingerprint density at radius 2 is 0.625 bits per heavy atom. The summed E-state index contributed by atoms with van der Waals surface area (Å²) in [6, 6.07) is 16.7. The third-order valence-electron chi connectivity index (χ3n) is 6.58. The molecule has 0 saturated carbocycles. The lowest BCUT2D eigenvalue weighted by Crippen LogP contribution is -2.26. The number of non-ortho nitro benzene ring substituents is 3. The topological polar surface area (TPSA) is 268 Å². The van der Waals surface area contributed by atoms with Crippen LogP contribution in [-0.2, 0) is 49.7 Å². The number of rotatable bonds is 15. The number of nitro groups is 3. The Balaban J connectivity index is 1.58. The number of sulfonamides is 3. The van der Waals surface area contributed by atoms with Crippen molar-refractivity contribution in [1.29, 1.82) is 0 Å². The van der Waals surface area contributed by atoms with Crippen LogP contribution in [0.3, 0.4) is 0 Å². The summed E-state index contributed by atoms with van der Waals surface area (Å²) < 4.78 is 84.2. The molecule has 18 nitrogen and oxygen atoms in total. The predicted molar refractivity (Wildman–Crippen MR) is 168 cm³/mol. The molecular formula is C27H24N6O12S3. The van der Waals surface area contributed by atoms with E-state index in [0.717, 1.165) is 72.8 Å². The van der Waals surface area contributed by atoms with E-state index in [4.69, 9.17) is 0 Å². The lowest BCUT2D eigenvalue weighted by atomic mass is 10.1. The molecule has 21 heteroatoms. The molecule has 0 radical (unpaired) electrons. The van der Waals surface area contributed by atoms with E-state index in [1.807, 2.05) is 0 Å². The molecule has 0 aliphatic carbocycles. The SMILES string of the molecule is O=[N+]([O-])c1ccc(S(=O)(=O)NCc2cc(CNS(=O)(=O)c3ccc([N+](=O)[O-])cc3)cc(CNS(=O)(=O)c3ccc([N+](=O)[O-])cc3)c2)cc1. The molecule has 0 aromatic heterocycles. The molecule has 0 unspecified atom stereocenters. The first-order chi connectivity index (χ1) is 22.5. The van der Waals surface area contributed by atoms with Crippen LogP contribution >= 0.6 is 0 Å². The fraction of sp³-hybridized carbons (Fsp3) is 0.111. The van der Waals surface area contributed by atoms with Gasteiger partial charge in [-0.3, -0.25) is 30.3 Å². The molecule has 0 aliphatic heterocycles. The first-order valence-electron chi connectivity index (χ1n) is 13.3. The number of nitrogens with zero attached hydrogens (tertiary/aromatic N) is 3. The molecule has 252 valence electrons. The highest BCUT2D eigenvalue weighted by Gasteiger charge is 2.20. The number of hydrogen-bond donors (Lipinski definition) is 3. The van der Waals surface area contributed by atoms with Gasteiger partial charge >= 0.3 is 0 Å². The molecule has 48 heavy (non-hydrogen) atoms. The van der Waals surface area contributed by atoms with Crippen LogP contribution in [0.4, 0.5) is 17.1 Å². The molecular weight excluding hydrogens is 697 g/mol. The van der Waals surface area contributed by atoms with Crippen LogP contribution in [0, 0.1) is 30.3 Å². The first-order valence-corrected chi connectivity index (χ1v) is 17.8. The van der Waals surface area contributed by atoms with E-state index in [-0.39, 0.29) is 68.1 Å². The van der Waals surface area contributed by atoms with Crippen LogP contribution in [0.2, 0.25) is 0 Å². The third kappa shape index (κ3) is 8.99. The van der Waals surface area contributed by atoms with Crippen LogP contribution in [0.1, 0.15) is 16.7 Å². The molecule has 0 amide bonds. The van der Waals surface area contributed by atoms with Gasteiger partial charge in [0.15, 0.2) is 0 Å². The van der Waals surface area contributed by atoms with Crippen LogP contribution in [0.5, 0.6) is 0 Å². The molecule has 4 aromatic carbocycles. The van der Waals surface area contributed by atoms with Crippen molar-refractivity contribution in [1.82, 2.24) is 14.2 Å². The van der Waals surface area contributed by atoms with Crippen molar-refractivity contribution < 1.29 is 40.0 Å². The minimum absolute atomic E-state index is 0.267. The second kappa shape index (κ2) is 14.3. The maximum atomic E-state index is 12.9. The normalized spacial score (nSPS) is 12.0. The largest absolute Gasteiger partial charge is 0.269 e. The monoisotopic (exact) mass is 720 g/mol. The lowest BCUT2D eigenvalue weighted by Gasteiger charge is -2.13. The lowest BCUT2D eigenvalue weighted by molar-refractivity contribution is -0.385. The van der Waals surface area contributed by atoms with E-state index < -0.39 is 44.8 Å². The summed E-state index contributed by atoms with van der Waals surface area (Å²) in [5.41, 5.74) is -0.137. The van der Waals surface area contributed by atoms with Gasteiger partial charge in [-0.25, -0.2) is 39.4 Å². The van der Waals surface area contributed by atoms with Gasteiger partial charge in [0.2, 0.25) is 30.1 Å². The highest BCUT2D eigenvalue weighted by Crippen LogP contribution is 2.20. The summed E-state index contributed by atoms with van der Waals surface area (Å²) >= 11 is 0. The average Bonchev–Trinajstić information content (AvgIpc) is 3.05. The van der Waals surface area contributed by atoms with Crippen molar-refractivity contribution in [3.05, 3.63) is 138 Å². The summed E-state index contributed by atoms with van der Waals surface area (Å²) in [5, 5.41) is 32.7. The van der Waals surface area contributed by atoms with E-state index in [1.165, 1.54) is 18.2 Å². The zero-order valence-electron chi connectivity index (χ0n) is 24.2. The Labute approximate surface area is 273 Å². The molecule has 0 heterocycles. The molecule has 4 aromatic rings. The number of benzene rings is 4. The van der Waals surface area contributed by atoms with E-state index in [0.29, 0.717) is 0 Å². The number of hydrogen-bond acceptors (Lipinski definition) is 12. The smallest absolute Gasteiger partial charge is 0.258 e. The van der Waals surface area contributed by atoms with Crippen molar-refractivity contribution in [3.8, 4) is 0 Å². The Bertz CT molecular complexity index is 1930. The standard InChI is InChI=1S/C27H24N6O12S3/c34-31(35)22-1-7-25(8-2-22)46(40,41)28-16-19-13-20(17-29-47(42,43)26-9-3-23(4-10-26)32(36)37)15-21(14-19)18-30-48(44,45)27-11-5-24(6-12-27)33(38)39/h1-15,28-30H,16-18H2. The van der Waals surface area contributed by atoms with Crippen molar-refractivity contribution >= 4 is 47.1 Å². The molecule has 0 spiro atoms. The molecule has 0 saturated heterocycles. The van der Waals surface area contributed by atoms with Gasteiger partial charge in [-0.05, 0) is 53.1 Å². The quantitative estimate of drug-likeness (QED) is 0.118. The fourth-order valence-corrected chi connectivity index (χ4v) is 7.22. The molecule has 0 atom stereocenters. The zero-order chi connectivity index (χ0) is 35.3. The summed E-state index contributed by atoms with van der Waals surface area (Å²) in [6.07, 6.45) is 0. The fourth-order valence-electron chi connectivity index (χ4n) is 4.17. The van der Waals surface area contributed by atoms with Gasteiger partial charge < -0.3 is 0 Å². The highest BCUT2D eigenvalue weighted by atomic mass is 32.2. The summed E-state index contributed by atoms with van der Waals surface area (Å²) in [5.74, 6) is 0. The maximum absolute atomic E-state index is 12.9. The average molecular weight is 721 g/mol. The Morgan fingerprint density at radius 3 is 0.812 bits per heavy atom. The molecule has 0 bridgehead atoms. The Kier molecular flexibility index (Phi) is 10.6. The predicted octanol–water partition coefficient (Wildman–Crippen LogP) is 2.85. The van der Waals surface area contributed by atoms with Crippen molar-refractivity contribution in [2.24, 2.45) is 0 Å². The zero-order valence-corrected chi connectivity index (χ0v) is 26.7. The highest BCUT2D eigenvalue weighted by molar-refractivity contribution is 7.90. The molecule has 3 N–H and O–H groups in total. The molecule has 0 aliphatic rings. The summed E-state index contributed by atoms with van der Waals surface area (Å²) in [7, 11) is -12.5. The van der Waals surface area contributed by atoms with Crippen molar-refractivity contribution in [3.63, 3.8) is 0 Å². The second-order valence-corrected chi connectivity index (χ2v) is 15.2. The minimum atomic E-state index is -4.18. The van der Waals surface area contributed by atoms with Gasteiger partial charge in [0, 0.05) is 56.0 Å². The third-order valence-corrected chi connectivity index (χ3v) is 10.8. The van der Waals surface area contributed by atoms with E-state index in [9.17, 15) is 55.6 Å². The summed E-state index contributed by atoms with van der Waals surface area (Å²) in [4.78, 5) is 29.9. The van der Waals surface area contributed by atoms with Gasteiger partial charge in [-0.15, -0.1) is 0 Å². The number of nitrogens with one attached hydrogen (secondary N) is 3. The number of nitro benzene ring substituents is 3. The van der Waals surface area contributed by atoms with Gasteiger partial charge in [-0.1, -0.05) is 18.2 Å². The van der Waals surface area contributed by atoms with Crippen LogP contribution in [0.15, 0.2) is 106 Å². The van der Waals surface area contributed by atoms with E-state index in [1.54, 1.807) is 0 Å². The minimum Gasteiger partial charge on any atom is -0.258 e. The maximum Gasteiger partial charge on any atom is 0.269 e. The van der Waals surface area contributed by atoms with Gasteiger partial charge in [0.05, 0.1) is 29.5 Å². The van der Waals surface area contributed by atoms with E-state index >= 15 is 0 Å². The van der Waals surface area contributed by atoms with Gasteiger partial charge in [-0.2, -0.15) is 0 Å². The molecule has 0 fully saturated rings. The van der Waals surface area contributed by atoms with Gasteiger partial charge in [0.1, 0.15) is 0 Å². The Hall–Kier alpha value is -5.19. The van der Waals surface area contributed by atoms with Crippen LogP contribution in [0.25, 0.3) is 0 Å². The Morgan fingerprint density at radius 1 is 0.417 bits per heavy atom. The van der Waals surface area contributed by atoms with Crippen LogP contribution in [-0.4, -0.2) is 40.0 Å². The van der Waals surface area contributed by atoms with E-state index in [2.05, 4.69) is 14.2 Å². The molecule has 4 rings (SSSR count). The first kappa shape index (κ1) is 35.7. The summed E-state index contributed by atoms with van der Waals surface area (Å²) in [6.45, 7) is -1.07. The van der Waals surface area contributed by atoms with Crippen molar-refractivity contribution in [2.75, 3.05) is 0 Å².